The fourth-order valence-corrected chi connectivity index (χ4v) is 5.17. The number of benzene rings is 2. The molecule has 4 atom stereocenters. The van der Waals surface area contributed by atoms with Gasteiger partial charge in [0.1, 0.15) is 5.82 Å². The summed E-state index contributed by atoms with van der Waals surface area (Å²) in [4.78, 5) is 7.16. The molecule has 0 amide bonds. The molecule has 0 bridgehead atoms. The summed E-state index contributed by atoms with van der Waals surface area (Å²) in [5.74, 6) is 2.20. The number of imidazole rings is 1. The Morgan fingerprint density at radius 3 is 2.32 bits per heavy atom. The second-order valence-corrected chi connectivity index (χ2v) is 8.33. The predicted molar refractivity (Wildman–Crippen MR) is 111 cm³/mol. The quantitative estimate of drug-likeness (QED) is 0.752. The van der Waals surface area contributed by atoms with Crippen LogP contribution in [0.3, 0.4) is 0 Å². The third kappa shape index (κ3) is 3.38. The summed E-state index contributed by atoms with van der Waals surface area (Å²) in [6, 6.07) is 21.1. The molecule has 2 aliphatic rings. The molecule has 3 aromatic rings. The fraction of sp³-hybridized carbons (Fsp3) is 0.375. The lowest BCUT2D eigenvalue weighted by Crippen LogP contribution is -2.36. The minimum atomic E-state index is -0.311. The van der Waals surface area contributed by atoms with Crippen molar-refractivity contribution in [3.8, 4) is 11.4 Å². The Morgan fingerprint density at radius 1 is 0.893 bits per heavy atom. The maximum Gasteiger partial charge on any atom is 0.140 e. The Morgan fingerprint density at radius 2 is 1.57 bits per heavy atom. The van der Waals surface area contributed by atoms with Crippen LogP contribution in [-0.4, -0.2) is 38.8 Å². The van der Waals surface area contributed by atoms with Crippen LogP contribution in [0, 0.1) is 11.8 Å². The molecule has 2 aromatic carbocycles. The number of aliphatic hydroxyl groups excluding tert-OH is 1. The van der Waals surface area contributed by atoms with Gasteiger partial charge in [0.15, 0.2) is 0 Å². The van der Waals surface area contributed by atoms with E-state index >= 15 is 0 Å². The van der Waals surface area contributed by atoms with E-state index in [2.05, 4.69) is 56.9 Å². The van der Waals surface area contributed by atoms with E-state index in [0.29, 0.717) is 11.8 Å². The van der Waals surface area contributed by atoms with E-state index in [9.17, 15) is 5.11 Å². The van der Waals surface area contributed by atoms with Crippen LogP contribution in [0.4, 0.5) is 0 Å². The fourth-order valence-electron chi connectivity index (χ4n) is 5.17. The van der Waals surface area contributed by atoms with Crippen LogP contribution in [0.25, 0.3) is 11.4 Å². The third-order valence-electron chi connectivity index (χ3n) is 6.49. The van der Waals surface area contributed by atoms with Crippen LogP contribution in [-0.2, 0) is 6.54 Å². The molecule has 0 spiro atoms. The van der Waals surface area contributed by atoms with Crippen molar-refractivity contribution in [3.05, 3.63) is 78.6 Å². The summed E-state index contributed by atoms with van der Waals surface area (Å²) in [6.07, 6.45) is 5.49. The largest absolute Gasteiger partial charge is 0.391 e. The number of hydrogen-bond acceptors (Lipinski definition) is 3. The highest BCUT2D eigenvalue weighted by Crippen LogP contribution is 2.42. The van der Waals surface area contributed by atoms with Gasteiger partial charge in [0.05, 0.1) is 12.1 Å². The Balaban J connectivity index is 1.33. The Labute approximate surface area is 166 Å². The lowest BCUT2D eigenvalue weighted by molar-refractivity contribution is 0.0365. The van der Waals surface area contributed by atoms with E-state index in [1.54, 1.807) is 0 Å². The topological polar surface area (TPSA) is 41.3 Å². The first-order valence-electron chi connectivity index (χ1n) is 10.3. The molecule has 2 fully saturated rings. The van der Waals surface area contributed by atoms with Crippen LogP contribution < -0.4 is 0 Å². The van der Waals surface area contributed by atoms with Crippen molar-refractivity contribution in [2.24, 2.45) is 11.8 Å². The average Bonchev–Trinajstić information content (AvgIpc) is 3.35. The Bertz CT molecular complexity index is 908. The molecular formula is C24H27N3O. The van der Waals surface area contributed by atoms with E-state index in [4.69, 9.17) is 0 Å². The van der Waals surface area contributed by atoms with Gasteiger partial charge < -0.3 is 9.67 Å². The normalized spacial score (nSPS) is 27.6. The second-order valence-electron chi connectivity index (χ2n) is 8.33. The number of likely N-dealkylation sites (tertiary alicyclic amines) is 1. The number of aliphatic hydroxyl groups is 1. The number of fused-ring (bicyclic) bond motifs is 1. The summed E-state index contributed by atoms with van der Waals surface area (Å²) >= 11 is 0. The minimum absolute atomic E-state index is 0.107. The first kappa shape index (κ1) is 17.7. The van der Waals surface area contributed by atoms with Gasteiger partial charge in [-0.2, -0.15) is 0 Å². The zero-order valence-corrected chi connectivity index (χ0v) is 16.1. The first-order chi connectivity index (χ1) is 13.8. The van der Waals surface area contributed by atoms with Crippen molar-refractivity contribution in [3.63, 3.8) is 0 Å². The van der Waals surface area contributed by atoms with Gasteiger partial charge in [0, 0.05) is 37.6 Å². The third-order valence-corrected chi connectivity index (χ3v) is 6.49. The summed E-state index contributed by atoms with van der Waals surface area (Å²) in [5, 5.41) is 11.0. The molecule has 1 saturated heterocycles. The Hall–Kier alpha value is -2.43. The van der Waals surface area contributed by atoms with Crippen molar-refractivity contribution in [2.45, 2.75) is 31.5 Å². The zero-order valence-electron chi connectivity index (χ0n) is 16.1. The first-order valence-corrected chi connectivity index (χ1v) is 10.3. The molecule has 2 heterocycles. The molecule has 5 rings (SSSR count). The second kappa shape index (κ2) is 7.53. The molecular weight excluding hydrogens is 346 g/mol. The van der Waals surface area contributed by atoms with Gasteiger partial charge in [-0.15, -0.1) is 0 Å². The molecule has 0 unspecified atom stereocenters. The molecule has 1 aromatic heterocycles. The average molecular weight is 374 g/mol. The summed E-state index contributed by atoms with van der Waals surface area (Å²) < 4.78 is 2.20. The van der Waals surface area contributed by atoms with Crippen LogP contribution in [0.1, 0.15) is 24.4 Å². The summed E-state index contributed by atoms with van der Waals surface area (Å²) in [7, 11) is 0. The minimum Gasteiger partial charge on any atom is -0.391 e. The lowest BCUT2D eigenvalue weighted by Gasteiger charge is -2.36. The highest BCUT2D eigenvalue weighted by Gasteiger charge is 2.42. The van der Waals surface area contributed by atoms with E-state index < -0.39 is 0 Å². The smallest absolute Gasteiger partial charge is 0.140 e. The number of nitrogens with zero attached hydrogens (tertiary/aromatic N) is 3. The van der Waals surface area contributed by atoms with Crippen LogP contribution in [0.5, 0.6) is 0 Å². The van der Waals surface area contributed by atoms with Gasteiger partial charge in [0.25, 0.3) is 0 Å². The molecule has 144 valence electrons. The van der Waals surface area contributed by atoms with Crippen LogP contribution in [0.15, 0.2) is 73.1 Å². The number of hydrogen-bond donors (Lipinski definition) is 1. The van der Waals surface area contributed by atoms with Crippen molar-refractivity contribution in [1.82, 2.24) is 14.5 Å². The molecule has 1 saturated carbocycles. The molecule has 28 heavy (non-hydrogen) atoms. The Kier molecular flexibility index (Phi) is 4.75. The van der Waals surface area contributed by atoms with Gasteiger partial charge in [-0.25, -0.2) is 4.98 Å². The lowest BCUT2D eigenvalue weighted by atomic mass is 9.77. The monoisotopic (exact) mass is 373 g/mol. The number of rotatable bonds is 4. The van der Waals surface area contributed by atoms with E-state index in [0.717, 1.165) is 43.9 Å². The van der Waals surface area contributed by atoms with Crippen LogP contribution in [0.2, 0.25) is 0 Å². The van der Waals surface area contributed by atoms with Gasteiger partial charge in [-0.1, -0.05) is 60.7 Å². The van der Waals surface area contributed by atoms with Crippen LogP contribution >= 0.6 is 0 Å². The molecule has 0 radical (unpaired) electrons. The summed E-state index contributed by atoms with van der Waals surface area (Å²) in [6.45, 7) is 3.23. The maximum atomic E-state index is 11.0. The molecule has 1 N–H and O–H groups in total. The van der Waals surface area contributed by atoms with Crippen molar-refractivity contribution < 1.29 is 5.11 Å². The standard InChI is InChI=1S/C24H27N3O/c28-23-14-21-17-26(15-18-7-3-1-4-8-18)16-20(21)13-22(23)27-12-11-25-24(27)19-9-5-2-6-10-19/h1-12,20-23,28H,13-17H2/t20-,21+,22-,23-/m0/s1. The van der Waals surface area contributed by atoms with Crippen molar-refractivity contribution in [1.29, 1.82) is 0 Å². The molecule has 4 heteroatoms. The number of aromatic nitrogens is 2. The van der Waals surface area contributed by atoms with E-state index in [1.807, 2.05) is 30.6 Å². The predicted octanol–water partition coefficient (Wildman–Crippen LogP) is 3.99. The van der Waals surface area contributed by atoms with Gasteiger partial charge in [0.2, 0.25) is 0 Å². The van der Waals surface area contributed by atoms with Gasteiger partial charge in [-0.3, -0.25) is 4.90 Å². The maximum absolute atomic E-state index is 11.0. The van der Waals surface area contributed by atoms with E-state index in [1.165, 1.54) is 5.56 Å². The molecule has 4 nitrogen and oxygen atoms in total. The summed E-state index contributed by atoms with van der Waals surface area (Å²) in [5.41, 5.74) is 2.48. The molecule has 1 aliphatic heterocycles. The highest BCUT2D eigenvalue weighted by molar-refractivity contribution is 5.55. The van der Waals surface area contributed by atoms with Crippen molar-refractivity contribution >= 4 is 0 Å². The molecule has 1 aliphatic carbocycles. The van der Waals surface area contributed by atoms with Crippen molar-refractivity contribution in [2.75, 3.05) is 13.1 Å². The van der Waals surface area contributed by atoms with E-state index in [-0.39, 0.29) is 12.1 Å². The van der Waals surface area contributed by atoms with Gasteiger partial charge in [-0.05, 0) is 30.2 Å². The SMILES string of the molecule is O[C@H]1C[C@@H]2CN(Cc3ccccc3)C[C@@H]2C[C@@H]1n1ccnc1-c1ccccc1. The zero-order chi connectivity index (χ0) is 18.9. The van der Waals surface area contributed by atoms with Gasteiger partial charge >= 0.3 is 0 Å². The highest BCUT2D eigenvalue weighted by atomic mass is 16.3.